The molecule has 0 heterocycles. The Labute approximate surface area is 47.1 Å². The molecule has 0 aromatic carbocycles. The van der Waals surface area contributed by atoms with E-state index in [1.807, 2.05) is 0 Å². The van der Waals surface area contributed by atoms with Gasteiger partial charge in [-0.15, -0.1) is 0 Å². The lowest BCUT2D eigenvalue weighted by Crippen LogP contribution is -1.90. The molecular formula is C2H6O5Si. The van der Waals surface area contributed by atoms with Gasteiger partial charge in [0.05, 0.1) is 0 Å². The van der Waals surface area contributed by atoms with Crippen molar-refractivity contribution in [3.8, 4) is 0 Å². The van der Waals surface area contributed by atoms with E-state index in [-0.39, 0.29) is 0 Å². The number of carboxylic acid groups (broad SMARTS) is 1. The maximum atomic E-state index is 9.00. The summed E-state index contributed by atoms with van der Waals surface area (Å²) in [6, 6.07) is 0. The van der Waals surface area contributed by atoms with E-state index in [4.69, 9.17) is 24.0 Å². The fraction of sp³-hybridized carbons (Fsp3) is 0.500. The van der Waals surface area contributed by atoms with Crippen LogP contribution < -0.4 is 0 Å². The Morgan fingerprint density at radius 1 is 1.50 bits per heavy atom. The average molecular weight is 138 g/mol. The molecule has 0 atom stereocenters. The van der Waals surface area contributed by atoms with Crippen molar-refractivity contribution in [3.05, 3.63) is 0 Å². The average Bonchev–Trinajstić information content (AvgIpc) is 1.25. The van der Waals surface area contributed by atoms with Crippen molar-refractivity contribution in [1.29, 1.82) is 0 Å². The minimum Gasteiger partial charge on any atom is -0.511 e. The summed E-state index contributed by atoms with van der Waals surface area (Å²) in [5.41, 5.74) is 0. The second-order valence-electron chi connectivity index (χ2n) is 0.802. The summed E-state index contributed by atoms with van der Waals surface area (Å²) in [4.78, 5) is 23.3. The Morgan fingerprint density at radius 3 is 1.50 bits per heavy atom. The van der Waals surface area contributed by atoms with Crippen LogP contribution in [0.3, 0.4) is 0 Å². The molecule has 0 saturated heterocycles. The SMILES string of the molecule is CC(=O)O.O=[Si](O)O. The quantitative estimate of drug-likeness (QED) is 0.353. The molecule has 5 nitrogen and oxygen atoms in total. The molecule has 8 heavy (non-hydrogen) atoms. The van der Waals surface area contributed by atoms with Gasteiger partial charge in [0.1, 0.15) is 0 Å². The lowest BCUT2D eigenvalue weighted by atomic mass is 10.9. The maximum Gasteiger partial charge on any atom is 0.761 e. The summed E-state index contributed by atoms with van der Waals surface area (Å²) in [6.07, 6.45) is 0. The Kier molecular flexibility index (Phi) is 7.72. The summed E-state index contributed by atoms with van der Waals surface area (Å²) >= 11 is 0. The molecule has 0 fully saturated rings. The van der Waals surface area contributed by atoms with E-state index >= 15 is 0 Å². The summed E-state index contributed by atoms with van der Waals surface area (Å²) in [7, 11) is -3.13. The van der Waals surface area contributed by atoms with Crippen molar-refractivity contribution in [2.24, 2.45) is 0 Å². The number of carboxylic acids is 1. The Balaban J connectivity index is 0. The summed E-state index contributed by atoms with van der Waals surface area (Å²) in [5, 5.41) is 7.42. The molecule has 3 N–H and O–H groups in total. The van der Waals surface area contributed by atoms with Crippen LogP contribution in [0.2, 0.25) is 0 Å². The standard InChI is InChI=1S/C2H4O2.H2O3Si/c1-2(3)4;1-4(2)3/h1H3,(H,3,4);1-2H. The first kappa shape index (κ1) is 10.1. The topological polar surface area (TPSA) is 94.8 Å². The van der Waals surface area contributed by atoms with Crippen LogP contribution in [0.25, 0.3) is 0 Å². The summed E-state index contributed by atoms with van der Waals surface area (Å²) < 4.78 is 8.74. The van der Waals surface area contributed by atoms with Gasteiger partial charge in [-0.05, 0) is 0 Å². The van der Waals surface area contributed by atoms with Crippen molar-refractivity contribution in [2.75, 3.05) is 0 Å². The highest BCUT2D eigenvalue weighted by atomic mass is 28.3. The predicted molar refractivity (Wildman–Crippen MR) is 24.2 cm³/mol. The van der Waals surface area contributed by atoms with Gasteiger partial charge < -0.3 is 14.7 Å². The number of hydrogen-bond acceptors (Lipinski definition) is 2. The van der Waals surface area contributed by atoms with E-state index in [9.17, 15) is 0 Å². The van der Waals surface area contributed by atoms with Crippen molar-refractivity contribution < 1.29 is 24.0 Å². The Morgan fingerprint density at radius 2 is 1.50 bits per heavy atom. The minimum absolute atomic E-state index is 0.833. The minimum atomic E-state index is -3.13. The molecule has 0 unspecified atom stereocenters. The number of carbonyl (C=O) groups is 1. The molecule has 0 rings (SSSR count). The highest BCUT2D eigenvalue weighted by molar-refractivity contribution is 6.22. The van der Waals surface area contributed by atoms with Gasteiger partial charge in [0.25, 0.3) is 5.97 Å². The van der Waals surface area contributed by atoms with E-state index < -0.39 is 15.1 Å². The zero-order valence-electron chi connectivity index (χ0n) is 4.16. The monoisotopic (exact) mass is 138 g/mol. The first-order chi connectivity index (χ1) is 3.46. The van der Waals surface area contributed by atoms with Crippen molar-refractivity contribution in [1.82, 2.24) is 0 Å². The molecule has 48 valence electrons. The van der Waals surface area contributed by atoms with Crippen LogP contribution in [0, 0.1) is 0 Å². The van der Waals surface area contributed by atoms with Crippen LogP contribution in [-0.2, 0) is 9.26 Å². The van der Waals surface area contributed by atoms with Gasteiger partial charge >= 0.3 is 9.17 Å². The van der Waals surface area contributed by atoms with Gasteiger partial charge in [-0.3, -0.25) is 9.26 Å². The van der Waals surface area contributed by atoms with Crippen LogP contribution in [0.4, 0.5) is 0 Å². The van der Waals surface area contributed by atoms with Crippen LogP contribution in [0.5, 0.6) is 0 Å². The molecule has 0 bridgehead atoms. The van der Waals surface area contributed by atoms with Crippen molar-refractivity contribution in [3.63, 3.8) is 0 Å². The summed E-state index contributed by atoms with van der Waals surface area (Å²) in [6.45, 7) is 1.08. The first-order valence-electron chi connectivity index (χ1n) is 1.58. The van der Waals surface area contributed by atoms with Crippen LogP contribution in [0.1, 0.15) is 6.92 Å². The molecular weight excluding hydrogens is 132 g/mol. The van der Waals surface area contributed by atoms with Crippen molar-refractivity contribution in [2.45, 2.75) is 6.92 Å². The highest BCUT2D eigenvalue weighted by Crippen LogP contribution is 1.42. The van der Waals surface area contributed by atoms with Crippen LogP contribution >= 0.6 is 0 Å². The molecule has 0 saturated carbocycles. The Bertz CT molecular complexity index is 68.4. The number of aliphatic carboxylic acids is 1. The third-order valence-electron chi connectivity index (χ3n) is 0. The Hall–Kier alpha value is -0.913. The van der Waals surface area contributed by atoms with E-state index in [1.165, 1.54) is 0 Å². The lowest BCUT2D eigenvalue weighted by Gasteiger charge is -1.59. The van der Waals surface area contributed by atoms with Gasteiger partial charge in [0.2, 0.25) is 0 Å². The van der Waals surface area contributed by atoms with Gasteiger partial charge in [-0.1, -0.05) is 0 Å². The van der Waals surface area contributed by atoms with E-state index in [1.54, 1.807) is 0 Å². The number of hydrogen-bond donors (Lipinski definition) is 3. The first-order valence-corrected chi connectivity index (χ1v) is 2.88. The van der Waals surface area contributed by atoms with Gasteiger partial charge in [0.15, 0.2) is 0 Å². The van der Waals surface area contributed by atoms with Crippen molar-refractivity contribution >= 4 is 15.1 Å². The molecule has 0 amide bonds. The van der Waals surface area contributed by atoms with Gasteiger partial charge in [-0.25, -0.2) is 0 Å². The van der Waals surface area contributed by atoms with Gasteiger partial charge in [-0.2, -0.15) is 0 Å². The number of rotatable bonds is 0. The molecule has 6 heteroatoms. The van der Waals surface area contributed by atoms with E-state index in [0.717, 1.165) is 6.92 Å². The largest absolute Gasteiger partial charge is 0.761 e. The molecule has 0 spiro atoms. The normalized spacial score (nSPS) is 6.12. The third-order valence-corrected chi connectivity index (χ3v) is 0. The lowest BCUT2D eigenvalue weighted by molar-refractivity contribution is -0.134. The second-order valence-corrected chi connectivity index (χ2v) is 1.37. The van der Waals surface area contributed by atoms with Crippen LogP contribution in [-0.4, -0.2) is 29.8 Å². The highest BCUT2D eigenvalue weighted by Gasteiger charge is 1.85. The predicted octanol–water partition coefficient (Wildman–Crippen LogP) is -1.52. The molecule has 0 aromatic heterocycles. The van der Waals surface area contributed by atoms with E-state index in [0.29, 0.717) is 0 Å². The molecule has 0 aliphatic heterocycles. The van der Waals surface area contributed by atoms with Gasteiger partial charge in [0, 0.05) is 6.92 Å². The zero-order valence-corrected chi connectivity index (χ0v) is 5.16. The fourth-order valence-electron chi connectivity index (χ4n) is 0. The zero-order chi connectivity index (χ0) is 7.15. The summed E-state index contributed by atoms with van der Waals surface area (Å²) in [5.74, 6) is -0.833. The third kappa shape index (κ3) is 102. The molecule has 0 aromatic rings. The smallest absolute Gasteiger partial charge is 0.511 e. The molecule has 0 aliphatic carbocycles. The van der Waals surface area contributed by atoms with Crippen LogP contribution in [0.15, 0.2) is 0 Å². The fourth-order valence-corrected chi connectivity index (χ4v) is 0. The molecule has 0 aliphatic rings. The maximum absolute atomic E-state index is 9.00. The van der Waals surface area contributed by atoms with E-state index in [2.05, 4.69) is 0 Å². The molecule has 0 radical (unpaired) electrons. The second kappa shape index (κ2) is 6.09.